The van der Waals surface area contributed by atoms with Crippen LogP contribution < -0.4 is 0 Å². The first kappa shape index (κ1) is 13.8. The highest BCUT2D eigenvalue weighted by Crippen LogP contribution is 2.26. The molecule has 2 heterocycles. The standard InChI is InChI=1S/C13H10Cl2FN3S/c1-7-5-17-13(20-7)6-19-11-3-9(16)8(15)2-10(11)18-12(19)4-14/h2-3,5H,4,6H2,1H3. The Labute approximate surface area is 129 Å². The maximum atomic E-state index is 13.7. The first-order valence-electron chi connectivity index (χ1n) is 5.90. The van der Waals surface area contributed by atoms with Gasteiger partial charge in [-0.15, -0.1) is 22.9 Å². The lowest BCUT2D eigenvalue weighted by molar-refractivity contribution is 0.628. The summed E-state index contributed by atoms with van der Waals surface area (Å²) in [4.78, 5) is 9.84. The highest BCUT2D eigenvalue weighted by molar-refractivity contribution is 7.11. The molecular weight excluding hydrogens is 320 g/mol. The minimum Gasteiger partial charge on any atom is -0.320 e. The molecule has 0 amide bonds. The van der Waals surface area contributed by atoms with Gasteiger partial charge in [0, 0.05) is 17.1 Å². The van der Waals surface area contributed by atoms with Crippen LogP contribution in [0.25, 0.3) is 11.0 Å². The lowest BCUT2D eigenvalue weighted by atomic mass is 10.3. The second-order valence-corrected chi connectivity index (χ2v) is 6.36. The molecule has 0 saturated carbocycles. The van der Waals surface area contributed by atoms with Crippen LogP contribution in [0, 0.1) is 12.7 Å². The van der Waals surface area contributed by atoms with Crippen molar-refractivity contribution in [3.05, 3.63) is 44.9 Å². The third-order valence-corrected chi connectivity index (χ3v) is 4.38. The van der Waals surface area contributed by atoms with Crippen molar-refractivity contribution in [2.24, 2.45) is 0 Å². The van der Waals surface area contributed by atoms with Crippen LogP contribution in [0.5, 0.6) is 0 Å². The molecule has 0 aliphatic rings. The molecular formula is C13H10Cl2FN3S. The normalized spacial score (nSPS) is 11.4. The first-order chi connectivity index (χ1) is 9.58. The fourth-order valence-electron chi connectivity index (χ4n) is 2.06. The van der Waals surface area contributed by atoms with E-state index in [9.17, 15) is 4.39 Å². The summed E-state index contributed by atoms with van der Waals surface area (Å²) in [6.45, 7) is 2.52. The summed E-state index contributed by atoms with van der Waals surface area (Å²) < 4.78 is 15.5. The van der Waals surface area contributed by atoms with E-state index in [-0.39, 0.29) is 10.9 Å². The van der Waals surface area contributed by atoms with Crippen molar-refractivity contribution >= 4 is 45.6 Å². The summed E-state index contributed by atoms with van der Waals surface area (Å²) >= 11 is 13.3. The van der Waals surface area contributed by atoms with E-state index in [1.54, 1.807) is 11.3 Å². The molecule has 0 aliphatic carbocycles. The molecule has 0 radical (unpaired) electrons. The zero-order valence-corrected chi connectivity index (χ0v) is 12.9. The molecule has 0 saturated heterocycles. The monoisotopic (exact) mass is 329 g/mol. The zero-order chi connectivity index (χ0) is 14.3. The minimum absolute atomic E-state index is 0.0633. The Kier molecular flexibility index (Phi) is 3.67. The average molecular weight is 330 g/mol. The van der Waals surface area contributed by atoms with Gasteiger partial charge < -0.3 is 4.57 Å². The number of thiazole rings is 1. The van der Waals surface area contributed by atoms with Gasteiger partial charge in [0.15, 0.2) is 0 Å². The van der Waals surface area contributed by atoms with Gasteiger partial charge in [-0.25, -0.2) is 14.4 Å². The fraction of sp³-hybridized carbons (Fsp3) is 0.231. The highest BCUT2D eigenvalue weighted by Gasteiger charge is 2.14. The predicted octanol–water partition coefficient (Wildman–Crippen LogP) is 4.38. The van der Waals surface area contributed by atoms with Gasteiger partial charge in [-0.1, -0.05) is 11.6 Å². The Balaban J connectivity index is 2.14. The van der Waals surface area contributed by atoms with Crippen LogP contribution in [0.4, 0.5) is 4.39 Å². The van der Waals surface area contributed by atoms with Gasteiger partial charge in [-0.3, -0.25) is 0 Å². The third-order valence-electron chi connectivity index (χ3n) is 2.95. The quantitative estimate of drug-likeness (QED) is 0.667. The third kappa shape index (κ3) is 2.41. The van der Waals surface area contributed by atoms with Crippen LogP contribution in [-0.4, -0.2) is 14.5 Å². The van der Waals surface area contributed by atoms with Crippen LogP contribution >= 0.6 is 34.5 Å². The summed E-state index contributed by atoms with van der Waals surface area (Å²) in [6.07, 6.45) is 1.82. The molecule has 1 aromatic carbocycles. The van der Waals surface area contributed by atoms with Crippen LogP contribution in [0.15, 0.2) is 18.3 Å². The predicted molar refractivity (Wildman–Crippen MR) is 80.2 cm³/mol. The second kappa shape index (κ2) is 5.31. The number of hydrogen-bond acceptors (Lipinski definition) is 3. The van der Waals surface area contributed by atoms with E-state index < -0.39 is 5.82 Å². The topological polar surface area (TPSA) is 30.7 Å². The number of imidazole rings is 1. The van der Waals surface area contributed by atoms with Crippen molar-refractivity contribution in [2.45, 2.75) is 19.3 Å². The number of aryl methyl sites for hydroxylation is 1. The number of fused-ring (bicyclic) bond motifs is 1. The van der Waals surface area contributed by atoms with Crippen molar-refractivity contribution in [2.75, 3.05) is 0 Å². The van der Waals surface area contributed by atoms with Crippen molar-refractivity contribution < 1.29 is 4.39 Å². The number of rotatable bonds is 3. The number of aromatic nitrogens is 3. The van der Waals surface area contributed by atoms with Gasteiger partial charge in [0.25, 0.3) is 0 Å². The van der Waals surface area contributed by atoms with Crippen molar-refractivity contribution in [3.63, 3.8) is 0 Å². The minimum atomic E-state index is -0.461. The highest BCUT2D eigenvalue weighted by atomic mass is 35.5. The van der Waals surface area contributed by atoms with E-state index in [0.29, 0.717) is 23.4 Å². The molecule has 20 heavy (non-hydrogen) atoms. The van der Waals surface area contributed by atoms with E-state index in [0.717, 1.165) is 9.88 Å². The first-order valence-corrected chi connectivity index (χ1v) is 7.63. The SMILES string of the molecule is Cc1cnc(Cn2c(CCl)nc3cc(Cl)c(F)cc32)s1. The van der Waals surface area contributed by atoms with Crippen molar-refractivity contribution in [1.82, 2.24) is 14.5 Å². The van der Waals surface area contributed by atoms with Crippen molar-refractivity contribution in [3.8, 4) is 0 Å². The van der Waals surface area contributed by atoms with Crippen LogP contribution in [0.1, 0.15) is 15.7 Å². The molecule has 3 aromatic rings. The maximum absolute atomic E-state index is 13.7. The number of nitrogens with zero attached hydrogens (tertiary/aromatic N) is 3. The van der Waals surface area contributed by atoms with Gasteiger partial charge in [0.2, 0.25) is 0 Å². The molecule has 0 fully saturated rings. The molecule has 104 valence electrons. The molecule has 0 aliphatic heterocycles. The van der Waals surface area contributed by atoms with E-state index in [1.165, 1.54) is 12.1 Å². The summed E-state index contributed by atoms with van der Waals surface area (Å²) in [5.41, 5.74) is 1.32. The molecule has 7 heteroatoms. The maximum Gasteiger partial charge on any atom is 0.144 e. The molecule has 0 bridgehead atoms. The number of halogens is 3. The average Bonchev–Trinajstić information content (AvgIpc) is 2.96. The molecule has 0 N–H and O–H groups in total. The number of hydrogen-bond donors (Lipinski definition) is 0. The van der Waals surface area contributed by atoms with E-state index in [1.807, 2.05) is 17.7 Å². The smallest absolute Gasteiger partial charge is 0.144 e. The Bertz CT molecular complexity index is 781. The lowest BCUT2D eigenvalue weighted by Crippen LogP contribution is -2.03. The molecule has 3 rings (SSSR count). The van der Waals surface area contributed by atoms with Gasteiger partial charge in [0.1, 0.15) is 16.6 Å². The Morgan fingerprint density at radius 1 is 1.40 bits per heavy atom. The fourth-order valence-corrected chi connectivity index (χ4v) is 3.20. The molecule has 0 atom stereocenters. The van der Waals surface area contributed by atoms with Crippen LogP contribution in [0.2, 0.25) is 5.02 Å². The lowest BCUT2D eigenvalue weighted by Gasteiger charge is -2.05. The summed E-state index contributed by atoms with van der Waals surface area (Å²) in [5, 5.41) is 0.997. The van der Waals surface area contributed by atoms with Gasteiger partial charge in [0.05, 0.1) is 28.5 Å². The van der Waals surface area contributed by atoms with E-state index >= 15 is 0 Å². The Morgan fingerprint density at radius 2 is 2.20 bits per heavy atom. The van der Waals surface area contributed by atoms with Gasteiger partial charge >= 0.3 is 0 Å². The Hall–Kier alpha value is -1.17. The molecule has 3 nitrogen and oxygen atoms in total. The molecule has 0 spiro atoms. The number of benzene rings is 1. The number of alkyl halides is 1. The van der Waals surface area contributed by atoms with Crippen LogP contribution in [-0.2, 0) is 12.4 Å². The van der Waals surface area contributed by atoms with Gasteiger partial charge in [-0.05, 0) is 13.0 Å². The van der Waals surface area contributed by atoms with E-state index in [2.05, 4.69) is 9.97 Å². The second-order valence-electron chi connectivity index (χ2n) is 4.37. The van der Waals surface area contributed by atoms with E-state index in [4.69, 9.17) is 23.2 Å². The summed E-state index contributed by atoms with van der Waals surface area (Å²) in [5.74, 6) is 0.464. The van der Waals surface area contributed by atoms with Crippen LogP contribution in [0.3, 0.4) is 0 Å². The van der Waals surface area contributed by atoms with Crippen molar-refractivity contribution in [1.29, 1.82) is 0 Å². The Morgan fingerprint density at radius 3 is 2.85 bits per heavy atom. The van der Waals surface area contributed by atoms with Gasteiger partial charge in [-0.2, -0.15) is 0 Å². The summed E-state index contributed by atoms with van der Waals surface area (Å²) in [6, 6.07) is 2.91. The zero-order valence-electron chi connectivity index (χ0n) is 10.5. The molecule has 0 unspecified atom stereocenters. The largest absolute Gasteiger partial charge is 0.320 e. The molecule has 2 aromatic heterocycles. The summed E-state index contributed by atoms with van der Waals surface area (Å²) in [7, 11) is 0.